The molecule has 1 saturated heterocycles. The Kier molecular flexibility index (Phi) is 5.52. The van der Waals surface area contributed by atoms with E-state index in [1.54, 1.807) is 0 Å². The molecule has 2 aliphatic carbocycles. The SMILES string of the molecule is CC1(C)Cc2nc(C3CCOCC3)c3c(c2C(O)C1)C1(CCCC1)OC3c1ccc(S(F)(F)(F)(F)F)cc1. The molecule has 2 fully saturated rings. The molecule has 210 valence electrons. The van der Waals surface area contributed by atoms with Gasteiger partial charge in [0.15, 0.2) is 0 Å². The van der Waals surface area contributed by atoms with Gasteiger partial charge in [-0.1, -0.05) is 58.3 Å². The van der Waals surface area contributed by atoms with Crippen LogP contribution in [0.25, 0.3) is 0 Å². The van der Waals surface area contributed by atoms with Crippen LogP contribution in [0.2, 0.25) is 0 Å². The molecule has 2 aliphatic heterocycles. The molecule has 2 atom stereocenters. The van der Waals surface area contributed by atoms with Crippen molar-refractivity contribution in [2.24, 2.45) is 5.41 Å². The number of aliphatic hydroxyl groups is 1. The molecule has 1 aromatic carbocycles. The highest BCUT2D eigenvalue weighted by Gasteiger charge is 2.65. The van der Waals surface area contributed by atoms with Crippen molar-refractivity contribution in [3.8, 4) is 0 Å². The van der Waals surface area contributed by atoms with Crippen LogP contribution in [0.5, 0.6) is 0 Å². The van der Waals surface area contributed by atoms with Crippen LogP contribution in [-0.4, -0.2) is 23.3 Å². The molecule has 0 bridgehead atoms. The lowest BCUT2D eigenvalue weighted by atomic mass is 9.70. The zero-order valence-electron chi connectivity index (χ0n) is 21.6. The number of benzene rings is 1. The predicted molar refractivity (Wildman–Crippen MR) is 135 cm³/mol. The minimum Gasteiger partial charge on any atom is -0.388 e. The van der Waals surface area contributed by atoms with E-state index < -0.39 is 32.9 Å². The Morgan fingerprint density at radius 2 is 1.58 bits per heavy atom. The van der Waals surface area contributed by atoms with Crippen LogP contribution in [0.15, 0.2) is 29.2 Å². The van der Waals surface area contributed by atoms with E-state index in [1.807, 2.05) is 0 Å². The summed E-state index contributed by atoms with van der Waals surface area (Å²) in [6, 6.07) is 3.17. The molecule has 2 aromatic rings. The summed E-state index contributed by atoms with van der Waals surface area (Å²) in [7, 11) is -9.80. The molecule has 10 heteroatoms. The number of rotatable bonds is 3. The highest BCUT2D eigenvalue weighted by Crippen LogP contribution is 3.02. The largest absolute Gasteiger partial charge is 0.388 e. The summed E-state index contributed by atoms with van der Waals surface area (Å²) in [5.74, 6) is 0.0802. The maximum absolute atomic E-state index is 13.5. The second-order valence-corrected chi connectivity index (χ2v) is 14.7. The molecule has 4 nitrogen and oxygen atoms in total. The second kappa shape index (κ2) is 7.92. The third-order valence-corrected chi connectivity index (χ3v) is 9.98. The van der Waals surface area contributed by atoms with Crippen molar-refractivity contribution >= 4 is 10.2 Å². The minimum atomic E-state index is -9.80. The summed E-state index contributed by atoms with van der Waals surface area (Å²) in [6.07, 6.45) is 4.66. The van der Waals surface area contributed by atoms with Crippen LogP contribution in [0.3, 0.4) is 0 Å². The second-order valence-electron chi connectivity index (χ2n) is 12.3. The molecule has 38 heavy (non-hydrogen) atoms. The summed E-state index contributed by atoms with van der Waals surface area (Å²) in [5, 5.41) is 11.4. The van der Waals surface area contributed by atoms with Crippen LogP contribution in [-0.2, 0) is 21.5 Å². The van der Waals surface area contributed by atoms with Crippen molar-refractivity contribution in [2.75, 3.05) is 13.2 Å². The van der Waals surface area contributed by atoms with Gasteiger partial charge in [0.2, 0.25) is 0 Å². The molecule has 1 N–H and O–H groups in total. The first kappa shape index (κ1) is 26.5. The van der Waals surface area contributed by atoms with Crippen LogP contribution in [0, 0.1) is 5.41 Å². The molecular weight excluding hydrogens is 525 g/mol. The van der Waals surface area contributed by atoms with Crippen molar-refractivity contribution < 1.29 is 34.0 Å². The number of halogens is 5. The number of hydrogen-bond donors (Lipinski definition) is 1. The minimum absolute atomic E-state index is 0.0802. The van der Waals surface area contributed by atoms with Crippen molar-refractivity contribution in [3.05, 3.63) is 57.9 Å². The molecule has 1 aromatic heterocycles. The van der Waals surface area contributed by atoms with E-state index in [0.29, 0.717) is 43.8 Å². The normalized spacial score (nSPS) is 28.5. The average molecular weight is 560 g/mol. The number of ether oxygens (including phenoxy) is 2. The number of fused-ring (bicyclic) bond motifs is 4. The van der Waals surface area contributed by atoms with Crippen LogP contribution in [0.1, 0.15) is 111 Å². The Labute approximate surface area is 219 Å². The standard InChI is InChI=1S/C28H34F5NO3S/c1-27(2)15-20-22(21(35)16-27)24-23(25(34-20)17-9-13-36-14-10-17)26(37-28(24)11-3-4-12-28)18-5-7-19(8-6-18)38(29,30,31,32)33/h5-8,17,21,26,35H,3-4,9-16H2,1-2H3. The van der Waals surface area contributed by atoms with Crippen molar-refractivity contribution in [1.29, 1.82) is 0 Å². The highest BCUT2D eigenvalue weighted by molar-refractivity contribution is 8.45. The van der Waals surface area contributed by atoms with E-state index in [2.05, 4.69) is 13.8 Å². The Morgan fingerprint density at radius 1 is 0.947 bits per heavy atom. The molecule has 0 amide bonds. The third kappa shape index (κ3) is 4.45. The zero-order valence-corrected chi connectivity index (χ0v) is 22.4. The quantitative estimate of drug-likeness (QED) is 0.383. The summed E-state index contributed by atoms with van der Waals surface area (Å²) >= 11 is 0. The Hall–Kier alpha value is -1.75. The van der Waals surface area contributed by atoms with Crippen molar-refractivity contribution in [1.82, 2.24) is 4.98 Å². The monoisotopic (exact) mass is 559 g/mol. The van der Waals surface area contributed by atoms with Gasteiger partial charge in [0.25, 0.3) is 0 Å². The van der Waals surface area contributed by atoms with Gasteiger partial charge in [-0.2, -0.15) is 0 Å². The molecule has 2 unspecified atom stereocenters. The fourth-order valence-corrected chi connectivity index (χ4v) is 7.81. The smallest absolute Gasteiger partial charge is 0.310 e. The topological polar surface area (TPSA) is 51.6 Å². The fraction of sp³-hybridized carbons (Fsp3) is 0.607. The summed E-state index contributed by atoms with van der Waals surface area (Å²) in [6.45, 7) is 5.41. The summed E-state index contributed by atoms with van der Waals surface area (Å²) in [4.78, 5) is 3.27. The van der Waals surface area contributed by atoms with E-state index in [4.69, 9.17) is 14.5 Å². The number of aromatic nitrogens is 1. The van der Waals surface area contributed by atoms with Gasteiger partial charge in [0.05, 0.1) is 17.4 Å². The van der Waals surface area contributed by atoms with Crippen LogP contribution < -0.4 is 0 Å². The van der Waals surface area contributed by atoms with Gasteiger partial charge in [0, 0.05) is 36.0 Å². The summed E-state index contributed by atoms with van der Waals surface area (Å²) in [5.41, 5.74) is 3.89. The van der Waals surface area contributed by atoms with E-state index in [9.17, 15) is 24.5 Å². The molecule has 0 radical (unpaired) electrons. The van der Waals surface area contributed by atoms with Gasteiger partial charge in [0.1, 0.15) is 11.0 Å². The Bertz CT molecular complexity index is 1270. The van der Waals surface area contributed by atoms with E-state index >= 15 is 0 Å². The van der Waals surface area contributed by atoms with Crippen LogP contribution >= 0.6 is 10.2 Å². The third-order valence-electron chi connectivity index (χ3n) is 8.81. The number of pyridine rings is 1. The highest BCUT2D eigenvalue weighted by atomic mass is 32.5. The van der Waals surface area contributed by atoms with Gasteiger partial charge in [-0.25, -0.2) is 0 Å². The Morgan fingerprint density at radius 3 is 2.18 bits per heavy atom. The van der Waals surface area contributed by atoms with Crippen molar-refractivity contribution in [2.45, 2.75) is 93.8 Å². The first-order valence-electron chi connectivity index (χ1n) is 13.4. The molecule has 1 spiro atoms. The molecule has 4 aliphatic rings. The lowest BCUT2D eigenvalue weighted by Gasteiger charge is -2.40. The zero-order chi connectivity index (χ0) is 27.2. The number of hydrogen-bond acceptors (Lipinski definition) is 4. The predicted octanol–water partition coefficient (Wildman–Crippen LogP) is 8.53. The van der Waals surface area contributed by atoms with Gasteiger partial charge in [-0.3, -0.25) is 4.98 Å². The molecule has 3 heterocycles. The molecular formula is C28H34F5NO3S. The number of aliphatic hydroxyl groups excluding tert-OH is 1. The van der Waals surface area contributed by atoms with E-state index in [-0.39, 0.29) is 11.3 Å². The van der Waals surface area contributed by atoms with E-state index in [1.165, 1.54) is 0 Å². The average Bonchev–Trinajstić information content (AvgIpc) is 3.42. The maximum atomic E-state index is 13.5. The first-order chi connectivity index (χ1) is 17.6. The van der Waals surface area contributed by atoms with Gasteiger partial charge >= 0.3 is 10.2 Å². The maximum Gasteiger partial charge on any atom is 0.310 e. The van der Waals surface area contributed by atoms with Gasteiger partial charge in [-0.15, -0.1) is 0 Å². The van der Waals surface area contributed by atoms with Gasteiger partial charge < -0.3 is 14.6 Å². The Balaban J connectivity index is 1.57. The summed E-state index contributed by atoms with van der Waals surface area (Å²) < 4.78 is 79.7. The first-order valence-corrected chi connectivity index (χ1v) is 15.4. The van der Waals surface area contributed by atoms with Gasteiger partial charge in [-0.05, 0) is 67.2 Å². The number of nitrogens with zero attached hydrogens (tertiary/aromatic N) is 1. The lowest BCUT2D eigenvalue weighted by Crippen LogP contribution is -2.32. The van der Waals surface area contributed by atoms with Crippen LogP contribution in [0.4, 0.5) is 19.4 Å². The lowest BCUT2D eigenvalue weighted by molar-refractivity contribution is -0.0581. The fourth-order valence-electron chi connectivity index (χ4n) is 7.16. The molecule has 6 rings (SSSR count). The van der Waals surface area contributed by atoms with Crippen molar-refractivity contribution in [3.63, 3.8) is 0 Å². The molecule has 1 saturated carbocycles. The van der Waals surface area contributed by atoms with E-state index in [0.717, 1.165) is 78.7 Å².